The van der Waals surface area contributed by atoms with E-state index in [4.69, 9.17) is 14.2 Å². The van der Waals surface area contributed by atoms with Gasteiger partial charge in [0.25, 0.3) is 0 Å². The number of methoxy groups -OCH3 is 2. The van der Waals surface area contributed by atoms with Crippen molar-refractivity contribution in [1.29, 1.82) is 0 Å². The predicted molar refractivity (Wildman–Crippen MR) is 106 cm³/mol. The van der Waals surface area contributed by atoms with Crippen molar-refractivity contribution in [3.8, 4) is 17.2 Å². The normalized spacial score (nSPS) is 13.7. The lowest BCUT2D eigenvalue weighted by molar-refractivity contribution is -0.117. The van der Waals surface area contributed by atoms with Gasteiger partial charge in [0.2, 0.25) is 5.91 Å². The summed E-state index contributed by atoms with van der Waals surface area (Å²) in [6, 6.07) is 11.8. The Balaban J connectivity index is 1.56. The van der Waals surface area contributed by atoms with Gasteiger partial charge in [-0.15, -0.1) is 0 Å². The summed E-state index contributed by atoms with van der Waals surface area (Å²) in [6.45, 7) is 2.76. The van der Waals surface area contributed by atoms with Crippen molar-refractivity contribution >= 4 is 12.0 Å². The Bertz CT molecular complexity index is 844. The Labute approximate surface area is 159 Å². The third-order valence-corrected chi connectivity index (χ3v) is 4.52. The maximum Gasteiger partial charge on any atom is 0.244 e. The average Bonchev–Trinajstić information content (AvgIpc) is 3.13. The minimum atomic E-state index is -0.123. The first-order valence-corrected chi connectivity index (χ1v) is 9.04. The number of nitrogens with one attached hydrogen (secondary N) is 1. The van der Waals surface area contributed by atoms with E-state index in [0.717, 1.165) is 30.8 Å². The number of fused-ring (bicyclic) bond motifs is 1. The molecule has 1 N–H and O–H groups in total. The van der Waals surface area contributed by atoms with Crippen molar-refractivity contribution in [1.82, 2.24) is 5.32 Å². The molecule has 27 heavy (non-hydrogen) atoms. The van der Waals surface area contributed by atoms with E-state index in [9.17, 15) is 4.79 Å². The van der Waals surface area contributed by atoms with Gasteiger partial charge in [-0.1, -0.05) is 18.2 Å². The summed E-state index contributed by atoms with van der Waals surface area (Å²) in [5, 5.41) is 3.00. The van der Waals surface area contributed by atoms with Crippen LogP contribution in [0.15, 0.2) is 42.5 Å². The van der Waals surface area contributed by atoms with Crippen molar-refractivity contribution in [2.75, 3.05) is 20.8 Å². The quantitative estimate of drug-likeness (QED) is 0.762. The molecule has 142 valence electrons. The fourth-order valence-corrected chi connectivity index (χ4v) is 3.19. The van der Waals surface area contributed by atoms with E-state index in [1.807, 2.05) is 31.2 Å². The molecular formula is C22H25NO4. The first-order chi connectivity index (χ1) is 13.1. The van der Waals surface area contributed by atoms with Crippen LogP contribution in [0.1, 0.15) is 23.6 Å². The zero-order valence-electron chi connectivity index (χ0n) is 16.0. The molecule has 5 nitrogen and oxygen atoms in total. The highest BCUT2D eigenvalue weighted by Crippen LogP contribution is 2.28. The molecule has 0 aromatic heterocycles. The van der Waals surface area contributed by atoms with Crippen LogP contribution in [0.4, 0.5) is 0 Å². The lowest BCUT2D eigenvalue weighted by atomic mass is 10.0. The Morgan fingerprint density at radius 1 is 1.19 bits per heavy atom. The molecule has 1 unspecified atom stereocenters. The summed E-state index contributed by atoms with van der Waals surface area (Å²) in [7, 11) is 3.18. The summed E-state index contributed by atoms with van der Waals surface area (Å²) < 4.78 is 16.0. The van der Waals surface area contributed by atoms with Crippen LogP contribution in [-0.2, 0) is 17.6 Å². The molecule has 5 heteroatoms. The van der Waals surface area contributed by atoms with Crippen LogP contribution < -0.4 is 19.5 Å². The van der Waals surface area contributed by atoms with Crippen LogP contribution in [0.25, 0.3) is 6.08 Å². The third-order valence-electron chi connectivity index (χ3n) is 4.52. The Hall–Kier alpha value is -2.95. The molecule has 1 aliphatic rings. The zero-order chi connectivity index (χ0) is 19.2. The Kier molecular flexibility index (Phi) is 6.01. The number of carbonyl (C=O) groups is 1. The van der Waals surface area contributed by atoms with Crippen LogP contribution in [-0.4, -0.2) is 32.8 Å². The number of rotatable bonds is 7. The topological polar surface area (TPSA) is 56.8 Å². The van der Waals surface area contributed by atoms with Crippen LogP contribution in [0, 0.1) is 0 Å². The molecule has 0 radical (unpaired) electrons. The van der Waals surface area contributed by atoms with E-state index >= 15 is 0 Å². The molecule has 1 aliphatic heterocycles. The number of amides is 1. The average molecular weight is 367 g/mol. The van der Waals surface area contributed by atoms with Gasteiger partial charge in [0, 0.05) is 18.5 Å². The van der Waals surface area contributed by atoms with Crippen molar-refractivity contribution in [2.45, 2.75) is 25.8 Å². The minimum absolute atomic E-state index is 0.0351. The third kappa shape index (κ3) is 4.82. The van der Waals surface area contributed by atoms with Crippen molar-refractivity contribution in [3.63, 3.8) is 0 Å². The van der Waals surface area contributed by atoms with Gasteiger partial charge in [-0.2, -0.15) is 0 Å². The van der Waals surface area contributed by atoms with Gasteiger partial charge in [0.05, 0.1) is 20.8 Å². The van der Waals surface area contributed by atoms with E-state index in [2.05, 4.69) is 17.4 Å². The highest BCUT2D eigenvalue weighted by atomic mass is 16.5. The van der Waals surface area contributed by atoms with E-state index < -0.39 is 0 Å². The SMILES string of the molecule is COc1ccc(C=CC(=O)NC(C)Cc2ccc3c(c2)CCO3)cc1OC. The Morgan fingerprint density at radius 2 is 2.00 bits per heavy atom. The zero-order valence-corrected chi connectivity index (χ0v) is 16.0. The fourth-order valence-electron chi connectivity index (χ4n) is 3.19. The van der Waals surface area contributed by atoms with Gasteiger partial charge >= 0.3 is 0 Å². The van der Waals surface area contributed by atoms with Gasteiger partial charge in [-0.3, -0.25) is 4.79 Å². The molecule has 1 amide bonds. The van der Waals surface area contributed by atoms with Gasteiger partial charge in [0.15, 0.2) is 11.5 Å². The molecule has 0 spiro atoms. The van der Waals surface area contributed by atoms with Crippen LogP contribution in [0.5, 0.6) is 17.2 Å². The number of benzene rings is 2. The second kappa shape index (κ2) is 8.62. The Morgan fingerprint density at radius 3 is 2.78 bits per heavy atom. The van der Waals surface area contributed by atoms with Crippen LogP contribution in [0.2, 0.25) is 0 Å². The first kappa shape index (κ1) is 18.8. The molecule has 1 heterocycles. The molecule has 3 rings (SSSR count). The summed E-state index contributed by atoms with van der Waals surface area (Å²) in [5.41, 5.74) is 3.32. The lowest BCUT2D eigenvalue weighted by Gasteiger charge is -2.13. The molecule has 0 saturated heterocycles. The molecule has 2 aromatic carbocycles. The summed E-state index contributed by atoms with van der Waals surface area (Å²) >= 11 is 0. The second-order valence-electron chi connectivity index (χ2n) is 6.60. The molecule has 0 bridgehead atoms. The number of ether oxygens (including phenoxy) is 3. The van der Waals surface area contributed by atoms with Crippen molar-refractivity contribution in [2.24, 2.45) is 0 Å². The van der Waals surface area contributed by atoms with Gasteiger partial charge in [0.1, 0.15) is 5.75 Å². The molecule has 2 aromatic rings. The number of hydrogen-bond donors (Lipinski definition) is 1. The van der Waals surface area contributed by atoms with Gasteiger partial charge in [-0.05, 0) is 54.3 Å². The minimum Gasteiger partial charge on any atom is -0.493 e. The van der Waals surface area contributed by atoms with Crippen molar-refractivity contribution < 1.29 is 19.0 Å². The lowest BCUT2D eigenvalue weighted by Crippen LogP contribution is -2.32. The maximum atomic E-state index is 12.2. The summed E-state index contributed by atoms with van der Waals surface area (Å²) in [4.78, 5) is 12.2. The summed E-state index contributed by atoms with van der Waals surface area (Å²) in [5.74, 6) is 2.15. The van der Waals surface area contributed by atoms with Crippen LogP contribution >= 0.6 is 0 Å². The largest absolute Gasteiger partial charge is 0.493 e. The van der Waals surface area contributed by atoms with Crippen LogP contribution in [0.3, 0.4) is 0 Å². The highest BCUT2D eigenvalue weighted by Gasteiger charge is 2.13. The van der Waals surface area contributed by atoms with Gasteiger partial charge < -0.3 is 19.5 Å². The molecule has 0 saturated carbocycles. The molecule has 1 atom stereocenters. The first-order valence-electron chi connectivity index (χ1n) is 9.04. The van der Waals surface area contributed by atoms with Gasteiger partial charge in [-0.25, -0.2) is 0 Å². The number of hydrogen-bond acceptors (Lipinski definition) is 4. The standard InChI is InChI=1S/C22H25NO4/c1-15(12-17-5-7-19-18(13-17)10-11-27-19)23-22(24)9-6-16-4-8-20(25-2)21(14-16)26-3/h4-9,13-15H,10-12H2,1-3H3,(H,23,24). The summed E-state index contributed by atoms with van der Waals surface area (Å²) in [6.07, 6.45) is 5.03. The maximum absolute atomic E-state index is 12.2. The van der Waals surface area contributed by atoms with Crippen molar-refractivity contribution in [3.05, 3.63) is 59.2 Å². The number of carbonyl (C=O) groups excluding carboxylic acids is 1. The fraction of sp³-hybridized carbons (Fsp3) is 0.318. The smallest absolute Gasteiger partial charge is 0.244 e. The predicted octanol–water partition coefficient (Wildman–Crippen LogP) is 3.40. The van der Waals surface area contributed by atoms with E-state index in [1.165, 1.54) is 17.2 Å². The second-order valence-corrected chi connectivity index (χ2v) is 6.60. The molecular weight excluding hydrogens is 342 g/mol. The van der Waals surface area contributed by atoms with E-state index in [1.54, 1.807) is 20.3 Å². The van der Waals surface area contributed by atoms with E-state index in [-0.39, 0.29) is 11.9 Å². The monoisotopic (exact) mass is 367 g/mol. The highest BCUT2D eigenvalue weighted by molar-refractivity contribution is 5.92. The molecule has 0 fully saturated rings. The van der Waals surface area contributed by atoms with E-state index in [0.29, 0.717) is 11.5 Å². The molecule has 0 aliphatic carbocycles.